The Kier molecular flexibility index (Phi) is 4.77. The van der Waals surface area contributed by atoms with Crippen molar-refractivity contribution < 1.29 is 4.42 Å². The molecule has 3 aromatic heterocycles. The van der Waals surface area contributed by atoms with Crippen LogP contribution in [0.25, 0.3) is 81.3 Å². The number of fused-ring (bicyclic) bond motifs is 8. The summed E-state index contributed by atoms with van der Waals surface area (Å²) in [5, 5.41) is 5.73. The molecule has 0 spiro atoms. The van der Waals surface area contributed by atoms with Crippen LogP contribution in [0.1, 0.15) is 0 Å². The van der Waals surface area contributed by atoms with E-state index < -0.39 is 0 Å². The van der Waals surface area contributed by atoms with E-state index >= 15 is 0 Å². The standard InChI is InChI=1S/C37H22N2OS/c1-2-10-23(11-3-1)29-22-33-35(34-28-14-6-9-17-32(28)40-36(29)34)38-37(41-33)24-18-20-25(21-19-24)39-30-15-7-4-12-26(30)27-13-5-8-16-31(27)39/h1-22H. The second-order valence-corrected chi connectivity index (χ2v) is 11.4. The molecule has 0 N–H and O–H groups in total. The van der Waals surface area contributed by atoms with Gasteiger partial charge in [0.2, 0.25) is 0 Å². The van der Waals surface area contributed by atoms with E-state index in [9.17, 15) is 0 Å². The number of hydrogen-bond donors (Lipinski definition) is 0. The number of thiazole rings is 1. The molecule has 0 unspecified atom stereocenters. The summed E-state index contributed by atoms with van der Waals surface area (Å²) >= 11 is 1.73. The lowest BCUT2D eigenvalue weighted by Gasteiger charge is -2.08. The molecule has 4 heteroatoms. The minimum atomic E-state index is 0.886. The maximum absolute atomic E-state index is 6.45. The molecular weight excluding hydrogens is 520 g/mol. The number of para-hydroxylation sites is 3. The third kappa shape index (κ3) is 3.35. The van der Waals surface area contributed by atoms with Crippen molar-refractivity contribution in [1.29, 1.82) is 0 Å². The van der Waals surface area contributed by atoms with Crippen molar-refractivity contribution in [2.45, 2.75) is 0 Å². The van der Waals surface area contributed by atoms with E-state index in [1.54, 1.807) is 11.3 Å². The molecule has 0 atom stereocenters. The van der Waals surface area contributed by atoms with E-state index in [0.29, 0.717) is 0 Å². The second-order valence-electron chi connectivity index (χ2n) is 10.4. The summed E-state index contributed by atoms with van der Waals surface area (Å²) < 4.78 is 9.95. The SMILES string of the molecule is c1ccc(-c2cc3sc(-c4ccc(-n5c6ccccc6c6ccccc65)cc4)nc3c3c2oc2ccccc23)cc1. The lowest BCUT2D eigenvalue weighted by molar-refractivity contribution is 0.670. The summed E-state index contributed by atoms with van der Waals surface area (Å²) in [6.45, 7) is 0. The first kappa shape index (κ1) is 22.6. The summed E-state index contributed by atoms with van der Waals surface area (Å²) in [5.74, 6) is 0. The van der Waals surface area contributed by atoms with Crippen molar-refractivity contribution in [2.24, 2.45) is 0 Å². The zero-order valence-corrected chi connectivity index (χ0v) is 22.7. The van der Waals surface area contributed by atoms with Gasteiger partial charge in [0.05, 0.1) is 26.6 Å². The average Bonchev–Trinajstić information content (AvgIpc) is 3.73. The highest BCUT2D eigenvalue weighted by Gasteiger charge is 2.20. The molecule has 6 aromatic carbocycles. The van der Waals surface area contributed by atoms with Crippen LogP contribution in [0.2, 0.25) is 0 Å². The third-order valence-corrected chi connectivity index (χ3v) is 9.09. The van der Waals surface area contributed by atoms with Crippen molar-refractivity contribution in [1.82, 2.24) is 9.55 Å². The largest absolute Gasteiger partial charge is 0.455 e. The normalized spacial score (nSPS) is 11.9. The van der Waals surface area contributed by atoms with Gasteiger partial charge in [0.1, 0.15) is 16.2 Å². The molecule has 9 rings (SSSR count). The molecule has 0 saturated heterocycles. The van der Waals surface area contributed by atoms with Gasteiger partial charge in [-0.2, -0.15) is 0 Å². The number of rotatable bonds is 3. The van der Waals surface area contributed by atoms with E-state index in [2.05, 4.69) is 120 Å². The van der Waals surface area contributed by atoms with E-state index in [4.69, 9.17) is 9.40 Å². The molecule has 9 aromatic rings. The van der Waals surface area contributed by atoms with Crippen molar-refractivity contribution >= 4 is 65.3 Å². The third-order valence-electron chi connectivity index (χ3n) is 8.04. The molecule has 41 heavy (non-hydrogen) atoms. The van der Waals surface area contributed by atoms with Crippen LogP contribution in [0.15, 0.2) is 138 Å². The van der Waals surface area contributed by atoms with Crippen LogP contribution in [0.5, 0.6) is 0 Å². The van der Waals surface area contributed by atoms with Crippen LogP contribution < -0.4 is 0 Å². The topological polar surface area (TPSA) is 31.0 Å². The Labute approximate surface area is 239 Å². The van der Waals surface area contributed by atoms with E-state index in [0.717, 1.165) is 59.5 Å². The van der Waals surface area contributed by atoms with Gasteiger partial charge in [-0.05, 0) is 54.1 Å². The number of aromatic nitrogens is 2. The van der Waals surface area contributed by atoms with Gasteiger partial charge in [0.15, 0.2) is 0 Å². The second kappa shape index (κ2) is 8.65. The van der Waals surface area contributed by atoms with E-state index in [1.807, 2.05) is 18.2 Å². The molecule has 0 bridgehead atoms. The van der Waals surface area contributed by atoms with Crippen molar-refractivity contribution in [2.75, 3.05) is 0 Å². The van der Waals surface area contributed by atoms with E-state index in [1.165, 1.54) is 21.8 Å². The highest BCUT2D eigenvalue weighted by molar-refractivity contribution is 7.21. The monoisotopic (exact) mass is 542 g/mol. The van der Waals surface area contributed by atoms with Gasteiger partial charge in [-0.25, -0.2) is 4.98 Å². The Morgan fingerprint density at radius 2 is 1.22 bits per heavy atom. The van der Waals surface area contributed by atoms with Crippen LogP contribution in [-0.2, 0) is 0 Å². The van der Waals surface area contributed by atoms with Crippen molar-refractivity contribution in [3.05, 3.63) is 133 Å². The number of hydrogen-bond acceptors (Lipinski definition) is 3. The predicted octanol–water partition coefficient (Wildman–Crippen LogP) is 10.6. The van der Waals surface area contributed by atoms with Gasteiger partial charge >= 0.3 is 0 Å². The molecule has 192 valence electrons. The van der Waals surface area contributed by atoms with E-state index in [-0.39, 0.29) is 0 Å². The van der Waals surface area contributed by atoms with Gasteiger partial charge < -0.3 is 8.98 Å². The van der Waals surface area contributed by atoms with Gasteiger partial charge in [0.25, 0.3) is 0 Å². The Bertz CT molecular complexity index is 2360. The highest BCUT2D eigenvalue weighted by atomic mass is 32.1. The zero-order valence-electron chi connectivity index (χ0n) is 21.9. The molecule has 3 heterocycles. The fourth-order valence-corrected chi connectivity index (χ4v) is 7.21. The first-order valence-corrected chi connectivity index (χ1v) is 14.5. The van der Waals surface area contributed by atoms with Crippen molar-refractivity contribution in [3.8, 4) is 27.4 Å². The van der Waals surface area contributed by atoms with Crippen LogP contribution in [0.3, 0.4) is 0 Å². The highest BCUT2D eigenvalue weighted by Crippen LogP contribution is 2.44. The Hall–Kier alpha value is -5.19. The summed E-state index contributed by atoms with van der Waals surface area (Å²) in [5.41, 5.74) is 9.69. The van der Waals surface area contributed by atoms with Crippen molar-refractivity contribution in [3.63, 3.8) is 0 Å². The van der Waals surface area contributed by atoms with Crippen LogP contribution in [0.4, 0.5) is 0 Å². The number of nitrogens with zero attached hydrogens (tertiary/aromatic N) is 2. The summed E-state index contributed by atoms with van der Waals surface area (Å²) in [6.07, 6.45) is 0. The molecule has 0 saturated carbocycles. The van der Waals surface area contributed by atoms with Crippen LogP contribution in [0, 0.1) is 0 Å². The number of furan rings is 1. The van der Waals surface area contributed by atoms with Gasteiger partial charge in [-0.3, -0.25) is 0 Å². The fraction of sp³-hybridized carbons (Fsp3) is 0. The maximum atomic E-state index is 6.45. The predicted molar refractivity (Wildman–Crippen MR) is 172 cm³/mol. The van der Waals surface area contributed by atoms with Gasteiger partial charge in [-0.15, -0.1) is 11.3 Å². The minimum absolute atomic E-state index is 0.886. The summed E-state index contributed by atoms with van der Waals surface area (Å²) in [7, 11) is 0. The summed E-state index contributed by atoms with van der Waals surface area (Å²) in [6, 6.07) is 47.0. The smallest absolute Gasteiger partial charge is 0.145 e. The maximum Gasteiger partial charge on any atom is 0.145 e. The molecule has 0 aliphatic carbocycles. The lowest BCUT2D eigenvalue weighted by atomic mass is 10.0. The Morgan fingerprint density at radius 1 is 0.585 bits per heavy atom. The lowest BCUT2D eigenvalue weighted by Crippen LogP contribution is -1.93. The fourth-order valence-electron chi connectivity index (χ4n) is 6.19. The van der Waals surface area contributed by atoms with Crippen LogP contribution in [-0.4, -0.2) is 9.55 Å². The Balaban J connectivity index is 1.23. The van der Waals surface area contributed by atoms with Crippen LogP contribution >= 0.6 is 11.3 Å². The average molecular weight is 543 g/mol. The molecule has 0 amide bonds. The number of benzene rings is 6. The summed E-state index contributed by atoms with van der Waals surface area (Å²) in [4.78, 5) is 5.21. The molecule has 0 fully saturated rings. The minimum Gasteiger partial charge on any atom is -0.455 e. The molecule has 3 nitrogen and oxygen atoms in total. The molecule has 0 aliphatic heterocycles. The molecule has 0 aliphatic rings. The van der Waals surface area contributed by atoms with Gasteiger partial charge in [-0.1, -0.05) is 84.9 Å². The van der Waals surface area contributed by atoms with Gasteiger partial charge in [0, 0.05) is 33.0 Å². The molecule has 0 radical (unpaired) electrons. The zero-order chi connectivity index (χ0) is 26.9. The quantitative estimate of drug-likeness (QED) is 0.222. The molecular formula is C37H22N2OS. The first-order valence-electron chi connectivity index (χ1n) is 13.7. The Morgan fingerprint density at radius 3 is 1.95 bits per heavy atom. The first-order chi connectivity index (χ1) is 20.3.